The highest BCUT2D eigenvalue weighted by atomic mass is 16.7. The van der Waals surface area contributed by atoms with E-state index in [-0.39, 0.29) is 0 Å². The number of nitrogen functional groups attached to an aromatic ring is 1. The van der Waals surface area contributed by atoms with Crippen molar-refractivity contribution < 1.29 is 14.4 Å². The summed E-state index contributed by atoms with van der Waals surface area (Å²) >= 11 is 0. The lowest BCUT2D eigenvalue weighted by molar-refractivity contribution is 0.0595. The maximum Gasteiger partial charge on any atom is 0.362 e. The topological polar surface area (TPSA) is 128 Å². The number of nitrogens with two attached hydrogens (primary N) is 1. The van der Waals surface area contributed by atoms with Crippen molar-refractivity contribution in [2.45, 2.75) is 0 Å². The molecule has 0 saturated carbocycles. The fourth-order valence-corrected chi connectivity index (χ4v) is 2.75. The number of benzene rings is 2. The van der Waals surface area contributed by atoms with Gasteiger partial charge < -0.3 is 15.3 Å². The Morgan fingerprint density at radius 2 is 1.96 bits per heavy atom. The van der Waals surface area contributed by atoms with Crippen LogP contribution in [-0.4, -0.2) is 33.2 Å². The Labute approximate surface area is 159 Å². The number of nitrogens with one attached hydrogen (secondary N) is 2. The molecule has 9 heteroatoms. The van der Waals surface area contributed by atoms with Gasteiger partial charge in [-0.2, -0.15) is 5.10 Å². The molecule has 28 heavy (non-hydrogen) atoms. The number of aromatic nitrogens is 4. The third kappa shape index (κ3) is 3.16. The summed E-state index contributed by atoms with van der Waals surface area (Å²) in [7, 11) is 1.52. The van der Waals surface area contributed by atoms with Crippen molar-refractivity contribution in [3.05, 3.63) is 60.4 Å². The van der Waals surface area contributed by atoms with Crippen molar-refractivity contribution in [1.82, 2.24) is 20.2 Å². The van der Waals surface area contributed by atoms with Crippen LogP contribution in [0.25, 0.3) is 22.3 Å². The smallest absolute Gasteiger partial charge is 0.362 e. The molecule has 0 amide bonds. The molecular weight excluding hydrogens is 360 g/mol. The number of anilines is 2. The minimum absolute atomic E-state index is 0.326. The highest BCUT2D eigenvalue weighted by Gasteiger charge is 2.15. The summed E-state index contributed by atoms with van der Waals surface area (Å²) in [6.07, 6.45) is 1.36. The Balaban J connectivity index is 1.60. The monoisotopic (exact) mass is 376 g/mol. The van der Waals surface area contributed by atoms with Gasteiger partial charge in [-0.3, -0.25) is 5.10 Å². The first-order chi connectivity index (χ1) is 13.7. The second-order valence-corrected chi connectivity index (χ2v) is 5.83. The van der Waals surface area contributed by atoms with Gasteiger partial charge in [0.2, 0.25) is 0 Å². The molecule has 4 rings (SSSR count). The van der Waals surface area contributed by atoms with Crippen LogP contribution in [0.15, 0.2) is 54.9 Å². The van der Waals surface area contributed by atoms with Gasteiger partial charge in [0.15, 0.2) is 5.65 Å². The first-order valence-electron chi connectivity index (χ1n) is 8.32. The normalized spacial score (nSPS) is 10.6. The molecule has 4 N–H and O–H groups in total. The van der Waals surface area contributed by atoms with Gasteiger partial charge in [-0.1, -0.05) is 24.3 Å². The van der Waals surface area contributed by atoms with E-state index in [0.717, 1.165) is 5.56 Å². The third-order valence-electron chi connectivity index (χ3n) is 4.13. The predicted molar refractivity (Wildman–Crippen MR) is 104 cm³/mol. The summed E-state index contributed by atoms with van der Waals surface area (Å²) in [5.41, 5.74) is 11.4. The van der Waals surface area contributed by atoms with E-state index in [2.05, 4.69) is 25.6 Å². The van der Waals surface area contributed by atoms with Crippen molar-refractivity contribution in [2.75, 3.05) is 18.3 Å². The molecule has 0 aliphatic rings. The highest BCUT2D eigenvalue weighted by molar-refractivity contribution is 5.98. The average Bonchev–Trinajstić information content (AvgIpc) is 3.18. The summed E-state index contributed by atoms with van der Waals surface area (Å²) in [4.78, 5) is 25.3. The van der Waals surface area contributed by atoms with E-state index >= 15 is 0 Å². The molecule has 2 aromatic carbocycles. The highest BCUT2D eigenvalue weighted by Crippen LogP contribution is 2.34. The number of aromatic amines is 1. The number of ether oxygens (including phenoxy) is 1. The molecule has 4 aromatic rings. The van der Waals surface area contributed by atoms with Crippen LogP contribution in [0, 0.1) is 0 Å². The molecule has 0 aliphatic carbocycles. The minimum atomic E-state index is -0.504. The zero-order valence-electron chi connectivity index (χ0n) is 14.8. The Bertz CT molecular complexity index is 1140. The van der Waals surface area contributed by atoms with Crippen LogP contribution in [0.2, 0.25) is 0 Å². The first-order valence-corrected chi connectivity index (χ1v) is 8.32. The Morgan fingerprint density at radius 1 is 1.14 bits per heavy atom. The first kappa shape index (κ1) is 17.3. The molecule has 0 spiro atoms. The predicted octanol–water partition coefficient (Wildman–Crippen LogP) is 2.79. The SMILES string of the molecule is COc1cc(-c2[nH]nc3ncnc(N)c23)ccc1NOC(=O)c1ccccc1. The van der Waals surface area contributed by atoms with Gasteiger partial charge >= 0.3 is 5.97 Å². The largest absolute Gasteiger partial charge is 0.494 e. The second kappa shape index (κ2) is 7.23. The van der Waals surface area contributed by atoms with Gasteiger partial charge in [0.25, 0.3) is 0 Å². The minimum Gasteiger partial charge on any atom is -0.494 e. The van der Waals surface area contributed by atoms with Gasteiger partial charge in [-0.15, -0.1) is 0 Å². The maximum absolute atomic E-state index is 12.1. The van der Waals surface area contributed by atoms with E-state index in [1.807, 2.05) is 6.07 Å². The van der Waals surface area contributed by atoms with E-state index in [4.69, 9.17) is 15.3 Å². The number of fused-ring (bicyclic) bond motifs is 1. The van der Waals surface area contributed by atoms with Crippen LogP contribution in [0.4, 0.5) is 11.5 Å². The Morgan fingerprint density at radius 3 is 2.75 bits per heavy atom. The molecule has 140 valence electrons. The number of carbonyl (C=O) groups is 1. The van der Waals surface area contributed by atoms with Crippen LogP contribution in [0.1, 0.15) is 10.4 Å². The number of hydrogen-bond donors (Lipinski definition) is 3. The van der Waals surface area contributed by atoms with Crippen molar-refractivity contribution >= 4 is 28.5 Å². The van der Waals surface area contributed by atoms with Crippen molar-refractivity contribution in [2.24, 2.45) is 0 Å². The quantitative estimate of drug-likeness (QED) is 0.454. The Hall–Kier alpha value is -4.14. The molecule has 2 aromatic heterocycles. The molecule has 0 atom stereocenters. The Kier molecular flexibility index (Phi) is 4.47. The molecule has 0 unspecified atom stereocenters. The maximum atomic E-state index is 12.1. The van der Waals surface area contributed by atoms with Crippen LogP contribution in [0.5, 0.6) is 5.75 Å². The number of H-pyrrole nitrogens is 1. The van der Waals surface area contributed by atoms with Gasteiger partial charge in [0.05, 0.1) is 23.8 Å². The summed E-state index contributed by atoms with van der Waals surface area (Å²) in [6.45, 7) is 0. The number of carbonyl (C=O) groups excluding carboxylic acids is 1. The summed E-state index contributed by atoms with van der Waals surface area (Å²) in [5.74, 6) is 0.291. The van der Waals surface area contributed by atoms with Gasteiger partial charge in [0.1, 0.15) is 23.6 Å². The lowest BCUT2D eigenvalue weighted by Gasteiger charge is -2.12. The zero-order valence-corrected chi connectivity index (χ0v) is 14.8. The van der Waals surface area contributed by atoms with Gasteiger partial charge in [0, 0.05) is 5.56 Å². The van der Waals surface area contributed by atoms with Crippen LogP contribution >= 0.6 is 0 Å². The molecule has 2 heterocycles. The van der Waals surface area contributed by atoms with E-state index in [9.17, 15) is 4.79 Å². The molecule has 0 bridgehead atoms. The van der Waals surface area contributed by atoms with E-state index in [0.29, 0.717) is 39.5 Å². The summed E-state index contributed by atoms with van der Waals surface area (Å²) in [5, 5.41) is 7.69. The third-order valence-corrected chi connectivity index (χ3v) is 4.13. The fraction of sp³-hybridized carbons (Fsp3) is 0.0526. The van der Waals surface area contributed by atoms with Crippen molar-refractivity contribution in [3.63, 3.8) is 0 Å². The van der Waals surface area contributed by atoms with Crippen molar-refractivity contribution in [1.29, 1.82) is 0 Å². The molecule has 0 saturated heterocycles. The fourth-order valence-electron chi connectivity index (χ4n) is 2.75. The zero-order chi connectivity index (χ0) is 19.5. The van der Waals surface area contributed by atoms with E-state index in [1.165, 1.54) is 13.4 Å². The number of hydrogen-bond acceptors (Lipinski definition) is 8. The van der Waals surface area contributed by atoms with Gasteiger partial charge in [-0.05, 0) is 24.3 Å². The van der Waals surface area contributed by atoms with Crippen molar-refractivity contribution in [3.8, 4) is 17.0 Å². The molecule has 0 aliphatic heterocycles. The van der Waals surface area contributed by atoms with Crippen LogP contribution in [0.3, 0.4) is 0 Å². The molecule has 9 nitrogen and oxygen atoms in total. The number of nitrogens with zero attached hydrogens (tertiary/aromatic N) is 3. The molecular formula is C19H16N6O3. The molecule has 0 fully saturated rings. The average molecular weight is 376 g/mol. The van der Waals surface area contributed by atoms with Crippen LogP contribution in [-0.2, 0) is 4.84 Å². The lowest BCUT2D eigenvalue weighted by Crippen LogP contribution is -2.11. The number of methoxy groups -OCH3 is 1. The lowest BCUT2D eigenvalue weighted by atomic mass is 10.1. The number of rotatable bonds is 5. The van der Waals surface area contributed by atoms with Gasteiger partial charge in [-0.25, -0.2) is 20.2 Å². The van der Waals surface area contributed by atoms with E-state index < -0.39 is 5.97 Å². The second-order valence-electron chi connectivity index (χ2n) is 5.83. The molecule has 0 radical (unpaired) electrons. The van der Waals surface area contributed by atoms with Crippen LogP contribution < -0.4 is 16.0 Å². The van der Waals surface area contributed by atoms with E-state index in [1.54, 1.807) is 42.5 Å². The summed E-state index contributed by atoms with van der Waals surface area (Å²) in [6, 6.07) is 14.0. The summed E-state index contributed by atoms with van der Waals surface area (Å²) < 4.78 is 5.41. The standard InChI is InChI=1S/C19H16N6O3/c1-27-14-9-12(16-15-17(20)21-10-22-18(15)24-23-16)7-8-13(14)25-28-19(26)11-5-3-2-4-6-11/h2-10,25H,1H3,(H3,20,21,22,23,24).